The summed E-state index contributed by atoms with van der Waals surface area (Å²) in [6.07, 6.45) is 6.07. The standard InChI is InChI=1S/C14H17N5/c1-10-17-13(8-14(18-10)19-12-2-3-12)16-9-11-4-6-15-7-5-11/h4-8,12H,2-3,9H2,1H3,(H2,16,17,18,19). The van der Waals surface area contributed by atoms with Crippen molar-refractivity contribution in [2.24, 2.45) is 0 Å². The van der Waals surface area contributed by atoms with Gasteiger partial charge in [0.15, 0.2) is 0 Å². The number of pyridine rings is 1. The lowest BCUT2D eigenvalue weighted by Gasteiger charge is -2.09. The Morgan fingerprint density at radius 2 is 1.89 bits per heavy atom. The van der Waals surface area contributed by atoms with E-state index in [1.54, 1.807) is 12.4 Å². The van der Waals surface area contributed by atoms with Gasteiger partial charge in [-0.1, -0.05) is 0 Å². The van der Waals surface area contributed by atoms with Crippen LogP contribution in [0.4, 0.5) is 11.6 Å². The second kappa shape index (κ2) is 5.22. The van der Waals surface area contributed by atoms with Crippen LogP contribution in [0.5, 0.6) is 0 Å². The van der Waals surface area contributed by atoms with Crippen LogP contribution in [-0.4, -0.2) is 21.0 Å². The van der Waals surface area contributed by atoms with Gasteiger partial charge in [-0.2, -0.15) is 0 Å². The van der Waals surface area contributed by atoms with E-state index in [1.807, 2.05) is 25.1 Å². The molecule has 2 aromatic rings. The first-order chi connectivity index (χ1) is 9.29. The Morgan fingerprint density at radius 3 is 2.63 bits per heavy atom. The Balaban J connectivity index is 1.67. The highest BCUT2D eigenvalue weighted by atomic mass is 15.1. The lowest BCUT2D eigenvalue weighted by molar-refractivity contribution is 1.00. The quantitative estimate of drug-likeness (QED) is 0.858. The van der Waals surface area contributed by atoms with Crippen LogP contribution in [-0.2, 0) is 6.54 Å². The van der Waals surface area contributed by atoms with Crippen molar-refractivity contribution >= 4 is 11.6 Å². The lowest BCUT2D eigenvalue weighted by Crippen LogP contribution is -2.08. The fourth-order valence-electron chi connectivity index (χ4n) is 1.86. The van der Waals surface area contributed by atoms with Gasteiger partial charge in [0, 0.05) is 31.0 Å². The third-order valence-corrected chi connectivity index (χ3v) is 2.99. The van der Waals surface area contributed by atoms with Crippen LogP contribution < -0.4 is 10.6 Å². The van der Waals surface area contributed by atoms with Crippen molar-refractivity contribution in [2.45, 2.75) is 32.4 Å². The molecule has 2 heterocycles. The Morgan fingerprint density at radius 1 is 1.16 bits per heavy atom. The highest BCUT2D eigenvalue weighted by Gasteiger charge is 2.21. The van der Waals surface area contributed by atoms with E-state index in [1.165, 1.54) is 18.4 Å². The van der Waals surface area contributed by atoms with E-state index in [9.17, 15) is 0 Å². The number of anilines is 2. The molecule has 0 amide bonds. The van der Waals surface area contributed by atoms with E-state index in [4.69, 9.17) is 0 Å². The number of rotatable bonds is 5. The van der Waals surface area contributed by atoms with Crippen LogP contribution in [0.15, 0.2) is 30.6 Å². The van der Waals surface area contributed by atoms with Gasteiger partial charge in [0.1, 0.15) is 17.5 Å². The molecule has 1 aliphatic carbocycles. The smallest absolute Gasteiger partial charge is 0.132 e. The first-order valence-electron chi connectivity index (χ1n) is 6.54. The lowest BCUT2D eigenvalue weighted by atomic mass is 10.3. The van der Waals surface area contributed by atoms with Gasteiger partial charge in [-0.25, -0.2) is 9.97 Å². The molecule has 1 saturated carbocycles. The minimum Gasteiger partial charge on any atom is -0.367 e. The number of nitrogens with zero attached hydrogens (tertiary/aromatic N) is 3. The van der Waals surface area contributed by atoms with Crippen LogP contribution in [0.3, 0.4) is 0 Å². The van der Waals surface area contributed by atoms with Crippen LogP contribution in [0, 0.1) is 6.92 Å². The van der Waals surface area contributed by atoms with Crippen molar-refractivity contribution in [1.82, 2.24) is 15.0 Å². The zero-order valence-electron chi connectivity index (χ0n) is 10.9. The van der Waals surface area contributed by atoms with Gasteiger partial charge < -0.3 is 10.6 Å². The molecule has 19 heavy (non-hydrogen) atoms. The molecule has 2 aromatic heterocycles. The maximum absolute atomic E-state index is 4.40. The van der Waals surface area contributed by atoms with Gasteiger partial charge in [0.05, 0.1) is 0 Å². The largest absolute Gasteiger partial charge is 0.367 e. The molecule has 0 saturated heterocycles. The minimum atomic E-state index is 0.599. The monoisotopic (exact) mass is 255 g/mol. The van der Waals surface area contributed by atoms with Gasteiger partial charge in [0.25, 0.3) is 0 Å². The summed E-state index contributed by atoms with van der Waals surface area (Å²) in [5.41, 5.74) is 1.18. The van der Waals surface area contributed by atoms with E-state index in [0.29, 0.717) is 6.04 Å². The summed E-state index contributed by atoms with van der Waals surface area (Å²) in [6.45, 7) is 2.65. The van der Waals surface area contributed by atoms with Crippen LogP contribution in [0.25, 0.3) is 0 Å². The van der Waals surface area contributed by atoms with Crippen LogP contribution >= 0.6 is 0 Å². The molecule has 0 spiro atoms. The fourth-order valence-corrected chi connectivity index (χ4v) is 1.86. The highest BCUT2D eigenvalue weighted by Crippen LogP contribution is 2.24. The summed E-state index contributed by atoms with van der Waals surface area (Å²) in [7, 11) is 0. The number of hydrogen-bond donors (Lipinski definition) is 2. The Bertz CT molecular complexity index is 551. The first kappa shape index (κ1) is 11.9. The summed E-state index contributed by atoms with van der Waals surface area (Å²) in [5.74, 6) is 2.54. The maximum atomic E-state index is 4.40. The molecule has 5 nitrogen and oxygen atoms in total. The van der Waals surface area contributed by atoms with Crippen LogP contribution in [0.2, 0.25) is 0 Å². The second-order valence-corrected chi connectivity index (χ2v) is 4.81. The van der Waals surface area contributed by atoms with Gasteiger partial charge >= 0.3 is 0 Å². The minimum absolute atomic E-state index is 0.599. The Labute approximate surface area is 112 Å². The van der Waals surface area contributed by atoms with Gasteiger partial charge in [-0.3, -0.25) is 4.98 Å². The van der Waals surface area contributed by atoms with Crippen molar-refractivity contribution in [3.05, 3.63) is 42.0 Å². The summed E-state index contributed by atoms with van der Waals surface area (Å²) in [5, 5.41) is 6.71. The molecule has 0 aliphatic heterocycles. The van der Waals surface area contributed by atoms with E-state index in [2.05, 4.69) is 25.6 Å². The molecule has 0 aromatic carbocycles. The van der Waals surface area contributed by atoms with Crippen molar-refractivity contribution in [3.8, 4) is 0 Å². The molecule has 0 radical (unpaired) electrons. The number of nitrogens with one attached hydrogen (secondary N) is 2. The van der Waals surface area contributed by atoms with Crippen molar-refractivity contribution < 1.29 is 0 Å². The van der Waals surface area contributed by atoms with E-state index in [0.717, 1.165) is 24.0 Å². The van der Waals surface area contributed by atoms with Crippen LogP contribution in [0.1, 0.15) is 24.2 Å². The van der Waals surface area contributed by atoms with E-state index >= 15 is 0 Å². The second-order valence-electron chi connectivity index (χ2n) is 4.81. The van der Waals surface area contributed by atoms with Gasteiger partial charge in [-0.05, 0) is 37.5 Å². The van der Waals surface area contributed by atoms with Gasteiger partial charge in [0.2, 0.25) is 0 Å². The molecule has 3 rings (SSSR count). The molecule has 98 valence electrons. The first-order valence-corrected chi connectivity index (χ1v) is 6.54. The third kappa shape index (κ3) is 3.40. The van der Waals surface area contributed by atoms with E-state index in [-0.39, 0.29) is 0 Å². The molecular formula is C14H17N5. The Hall–Kier alpha value is -2.17. The molecule has 5 heteroatoms. The average Bonchev–Trinajstić information content (AvgIpc) is 3.21. The average molecular weight is 255 g/mol. The molecule has 0 unspecified atom stereocenters. The summed E-state index contributed by atoms with van der Waals surface area (Å²) >= 11 is 0. The summed E-state index contributed by atoms with van der Waals surface area (Å²) in [4.78, 5) is 12.8. The summed E-state index contributed by atoms with van der Waals surface area (Å²) in [6, 6.07) is 6.55. The molecule has 2 N–H and O–H groups in total. The highest BCUT2D eigenvalue weighted by molar-refractivity contribution is 5.48. The summed E-state index contributed by atoms with van der Waals surface area (Å²) < 4.78 is 0. The normalized spacial score (nSPS) is 14.2. The molecular weight excluding hydrogens is 238 g/mol. The maximum Gasteiger partial charge on any atom is 0.132 e. The fraction of sp³-hybridized carbons (Fsp3) is 0.357. The zero-order chi connectivity index (χ0) is 13.1. The topological polar surface area (TPSA) is 62.7 Å². The third-order valence-electron chi connectivity index (χ3n) is 2.99. The van der Waals surface area contributed by atoms with Crippen molar-refractivity contribution in [3.63, 3.8) is 0 Å². The van der Waals surface area contributed by atoms with Crippen molar-refractivity contribution in [2.75, 3.05) is 10.6 Å². The number of aromatic nitrogens is 3. The number of hydrogen-bond acceptors (Lipinski definition) is 5. The SMILES string of the molecule is Cc1nc(NCc2ccncc2)cc(NC2CC2)n1. The molecule has 0 bridgehead atoms. The number of aryl methyl sites for hydroxylation is 1. The Kier molecular flexibility index (Phi) is 3.27. The van der Waals surface area contributed by atoms with Crippen molar-refractivity contribution in [1.29, 1.82) is 0 Å². The zero-order valence-corrected chi connectivity index (χ0v) is 10.9. The van der Waals surface area contributed by atoms with Gasteiger partial charge in [-0.15, -0.1) is 0 Å². The predicted octanol–water partition coefficient (Wildman–Crippen LogP) is 2.37. The predicted molar refractivity (Wildman–Crippen MR) is 75.0 cm³/mol. The molecule has 1 fully saturated rings. The molecule has 0 atom stereocenters. The van der Waals surface area contributed by atoms with E-state index < -0.39 is 0 Å². The molecule has 1 aliphatic rings.